The molecule has 1 aromatic heterocycles. The van der Waals surface area contributed by atoms with E-state index in [2.05, 4.69) is 17.4 Å². The van der Waals surface area contributed by atoms with Crippen molar-refractivity contribution in [1.29, 1.82) is 0 Å². The van der Waals surface area contributed by atoms with Gasteiger partial charge in [0, 0.05) is 19.1 Å². The van der Waals surface area contributed by atoms with Gasteiger partial charge in [0.15, 0.2) is 0 Å². The molecule has 2 rings (SSSR count). The van der Waals surface area contributed by atoms with Crippen molar-refractivity contribution in [3.63, 3.8) is 0 Å². The van der Waals surface area contributed by atoms with Gasteiger partial charge in [0.1, 0.15) is 11.3 Å². The number of hydrogen-bond donors (Lipinski definition) is 1. The van der Waals surface area contributed by atoms with Crippen LogP contribution in [0.1, 0.15) is 54.4 Å². The van der Waals surface area contributed by atoms with Crippen LogP contribution in [0, 0.1) is 13.8 Å². The molecule has 0 radical (unpaired) electrons. The Morgan fingerprint density at radius 2 is 2.25 bits per heavy atom. The SMILES string of the molecule is CCCN(CC1CCCCN1)C(=O)c1c(C)noc1C. The van der Waals surface area contributed by atoms with E-state index in [4.69, 9.17) is 4.52 Å². The van der Waals surface area contributed by atoms with Crippen molar-refractivity contribution in [1.82, 2.24) is 15.4 Å². The molecule has 0 aromatic carbocycles. The Bertz CT molecular complexity index is 430. The second kappa shape index (κ2) is 6.88. The molecule has 1 amide bonds. The Hall–Kier alpha value is -1.36. The van der Waals surface area contributed by atoms with Crippen molar-refractivity contribution in [2.24, 2.45) is 0 Å². The number of rotatable bonds is 5. The fourth-order valence-corrected chi connectivity index (χ4v) is 2.84. The van der Waals surface area contributed by atoms with E-state index in [1.54, 1.807) is 6.92 Å². The molecule has 5 heteroatoms. The third-order valence-electron chi connectivity index (χ3n) is 3.88. The Kier molecular flexibility index (Phi) is 5.17. The molecule has 20 heavy (non-hydrogen) atoms. The normalized spacial score (nSPS) is 19.1. The van der Waals surface area contributed by atoms with Crippen LogP contribution >= 0.6 is 0 Å². The van der Waals surface area contributed by atoms with Gasteiger partial charge in [-0.15, -0.1) is 0 Å². The summed E-state index contributed by atoms with van der Waals surface area (Å²) in [7, 11) is 0. The summed E-state index contributed by atoms with van der Waals surface area (Å²) < 4.78 is 5.12. The molecule has 1 atom stereocenters. The van der Waals surface area contributed by atoms with Gasteiger partial charge in [0.25, 0.3) is 5.91 Å². The minimum absolute atomic E-state index is 0.0514. The first-order chi connectivity index (χ1) is 9.63. The first kappa shape index (κ1) is 15.0. The van der Waals surface area contributed by atoms with Crippen molar-refractivity contribution >= 4 is 5.91 Å². The molecule has 5 nitrogen and oxygen atoms in total. The summed E-state index contributed by atoms with van der Waals surface area (Å²) in [5, 5.41) is 7.39. The van der Waals surface area contributed by atoms with Gasteiger partial charge in [-0.25, -0.2) is 0 Å². The Labute approximate surface area is 120 Å². The van der Waals surface area contributed by atoms with Gasteiger partial charge < -0.3 is 14.7 Å². The number of aromatic nitrogens is 1. The summed E-state index contributed by atoms with van der Waals surface area (Å²) in [5.74, 6) is 0.667. The van der Waals surface area contributed by atoms with Gasteiger partial charge in [-0.1, -0.05) is 18.5 Å². The van der Waals surface area contributed by atoms with E-state index >= 15 is 0 Å². The first-order valence-electron chi connectivity index (χ1n) is 7.59. The average Bonchev–Trinajstić information content (AvgIpc) is 2.78. The predicted octanol–water partition coefficient (Wildman–Crippen LogP) is 2.29. The van der Waals surface area contributed by atoms with E-state index < -0.39 is 0 Å². The average molecular weight is 279 g/mol. The summed E-state index contributed by atoms with van der Waals surface area (Å²) in [6, 6.07) is 0.416. The minimum Gasteiger partial charge on any atom is -0.361 e. The highest BCUT2D eigenvalue weighted by Crippen LogP contribution is 2.17. The van der Waals surface area contributed by atoms with Crippen LogP contribution in [0.2, 0.25) is 0 Å². The zero-order valence-electron chi connectivity index (χ0n) is 12.7. The lowest BCUT2D eigenvalue weighted by molar-refractivity contribution is 0.0729. The highest BCUT2D eigenvalue weighted by molar-refractivity contribution is 5.96. The van der Waals surface area contributed by atoms with E-state index in [9.17, 15) is 4.79 Å². The van der Waals surface area contributed by atoms with E-state index in [1.165, 1.54) is 12.8 Å². The highest BCUT2D eigenvalue weighted by Gasteiger charge is 2.25. The number of carbonyl (C=O) groups excluding carboxylic acids is 1. The van der Waals surface area contributed by atoms with Crippen LogP contribution in [-0.4, -0.2) is 41.6 Å². The number of nitrogens with zero attached hydrogens (tertiary/aromatic N) is 2. The summed E-state index contributed by atoms with van der Waals surface area (Å²) >= 11 is 0. The maximum absolute atomic E-state index is 12.7. The number of hydrogen-bond acceptors (Lipinski definition) is 4. The summed E-state index contributed by atoms with van der Waals surface area (Å²) in [6.07, 6.45) is 4.59. The molecule has 2 heterocycles. The number of aryl methyl sites for hydroxylation is 2. The maximum atomic E-state index is 12.7. The van der Waals surface area contributed by atoms with Crippen LogP contribution in [0.4, 0.5) is 0 Å². The van der Waals surface area contributed by atoms with Crippen LogP contribution < -0.4 is 5.32 Å². The topological polar surface area (TPSA) is 58.4 Å². The zero-order chi connectivity index (χ0) is 14.5. The third-order valence-corrected chi connectivity index (χ3v) is 3.88. The Morgan fingerprint density at radius 3 is 2.80 bits per heavy atom. The lowest BCUT2D eigenvalue weighted by Crippen LogP contribution is -2.46. The molecule has 0 aliphatic carbocycles. The number of piperidine rings is 1. The van der Waals surface area contributed by atoms with E-state index in [0.717, 1.165) is 32.5 Å². The molecular formula is C15H25N3O2. The Balaban J connectivity index is 2.09. The van der Waals surface area contributed by atoms with Crippen molar-refractivity contribution in [3.8, 4) is 0 Å². The molecular weight excluding hydrogens is 254 g/mol. The molecule has 1 fully saturated rings. The molecule has 0 spiro atoms. The number of carbonyl (C=O) groups is 1. The molecule has 1 aromatic rings. The first-order valence-corrected chi connectivity index (χ1v) is 7.59. The van der Waals surface area contributed by atoms with Gasteiger partial charge >= 0.3 is 0 Å². The van der Waals surface area contributed by atoms with Gasteiger partial charge in [-0.3, -0.25) is 4.79 Å². The summed E-state index contributed by atoms with van der Waals surface area (Å²) in [4.78, 5) is 14.6. The smallest absolute Gasteiger partial charge is 0.259 e. The molecule has 1 aliphatic rings. The molecule has 1 aliphatic heterocycles. The molecule has 0 bridgehead atoms. The minimum atomic E-state index is 0.0514. The summed E-state index contributed by atoms with van der Waals surface area (Å²) in [6.45, 7) is 8.34. The van der Waals surface area contributed by atoms with Crippen molar-refractivity contribution in [2.45, 2.75) is 52.5 Å². The lowest BCUT2D eigenvalue weighted by atomic mass is 10.0. The van der Waals surface area contributed by atoms with Gasteiger partial charge in [-0.2, -0.15) is 0 Å². The van der Waals surface area contributed by atoms with Crippen LogP contribution in [0.25, 0.3) is 0 Å². The molecule has 1 saturated heterocycles. The van der Waals surface area contributed by atoms with Crippen LogP contribution in [0.15, 0.2) is 4.52 Å². The van der Waals surface area contributed by atoms with Crippen LogP contribution in [0.5, 0.6) is 0 Å². The molecule has 1 N–H and O–H groups in total. The maximum Gasteiger partial charge on any atom is 0.259 e. The predicted molar refractivity (Wildman–Crippen MR) is 77.8 cm³/mol. The molecule has 0 saturated carbocycles. The monoisotopic (exact) mass is 279 g/mol. The van der Waals surface area contributed by atoms with Crippen molar-refractivity contribution in [3.05, 3.63) is 17.0 Å². The van der Waals surface area contributed by atoms with Gasteiger partial charge in [0.2, 0.25) is 0 Å². The summed E-state index contributed by atoms with van der Waals surface area (Å²) in [5.41, 5.74) is 1.32. The standard InChI is InChI=1S/C15H25N3O2/c1-4-9-18(10-13-7-5-6-8-16-13)15(19)14-11(2)17-20-12(14)3/h13,16H,4-10H2,1-3H3. The third kappa shape index (κ3) is 3.39. The fourth-order valence-electron chi connectivity index (χ4n) is 2.84. The van der Waals surface area contributed by atoms with E-state index in [0.29, 0.717) is 23.1 Å². The molecule has 1 unspecified atom stereocenters. The van der Waals surface area contributed by atoms with Gasteiger partial charge in [-0.05, 0) is 39.7 Å². The second-order valence-electron chi connectivity index (χ2n) is 5.60. The number of amides is 1. The van der Waals surface area contributed by atoms with Crippen molar-refractivity contribution < 1.29 is 9.32 Å². The highest BCUT2D eigenvalue weighted by atomic mass is 16.5. The Morgan fingerprint density at radius 1 is 1.45 bits per heavy atom. The van der Waals surface area contributed by atoms with E-state index in [1.807, 2.05) is 11.8 Å². The zero-order valence-corrected chi connectivity index (χ0v) is 12.7. The second-order valence-corrected chi connectivity index (χ2v) is 5.60. The van der Waals surface area contributed by atoms with Gasteiger partial charge in [0.05, 0.1) is 5.69 Å². The number of nitrogens with one attached hydrogen (secondary N) is 1. The van der Waals surface area contributed by atoms with Crippen LogP contribution in [-0.2, 0) is 0 Å². The largest absolute Gasteiger partial charge is 0.361 e. The quantitative estimate of drug-likeness (QED) is 0.898. The lowest BCUT2D eigenvalue weighted by Gasteiger charge is -2.30. The van der Waals surface area contributed by atoms with Crippen LogP contribution in [0.3, 0.4) is 0 Å². The van der Waals surface area contributed by atoms with Crippen molar-refractivity contribution in [2.75, 3.05) is 19.6 Å². The van der Waals surface area contributed by atoms with E-state index in [-0.39, 0.29) is 5.91 Å². The fraction of sp³-hybridized carbons (Fsp3) is 0.733. The molecule has 112 valence electrons.